The average molecular weight is 285 g/mol. The van der Waals surface area contributed by atoms with Crippen LogP contribution in [-0.4, -0.2) is 59.0 Å². The molecule has 5 nitrogen and oxygen atoms in total. The topological polar surface area (TPSA) is 48.0 Å². The lowest BCUT2D eigenvalue weighted by Crippen LogP contribution is -2.49. The number of rotatable bonds is 2. The summed E-state index contributed by atoms with van der Waals surface area (Å²) < 4.78 is 37.0. The maximum Gasteiger partial charge on any atom is 0.401 e. The normalized spacial score (nSPS) is 17.9. The number of halogens is 3. The van der Waals surface area contributed by atoms with Crippen LogP contribution in [-0.2, 0) is 0 Å². The number of H-pyrrole nitrogens is 1. The van der Waals surface area contributed by atoms with Gasteiger partial charge in [0.15, 0.2) is 5.65 Å². The minimum absolute atomic E-state index is 0.406. The maximum atomic E-state index is 12.3. The van der Waals surface area contributed by atoms with Crippen LogP contribution in [0.25, 0.3) is 11.0 Å². The van der Waals surface area contributed by atoms with E-state index >= 15 is 0 Å². The third-order valence-corrected chi connectivity index (χ3v) is 3.42. The van der Waals surface area contributed by atoms with Crippen molar-refractivity contribution in [3.8, 4) is 0 Å². The summed E-state index contributed by atoms with van der Waals surface area (Å²) in [6.07, 6.45) is -0.717. The first-order valence-corrected chi connectivity index (χ1v) is 6.34. The van der Waals surface area contributed by atoms with Gasteiger partial charge in [0.2, 0.25) is 0 Å². The molecule has 0 unspecified atom stereocenters. The largest absolute Gasteiger partial charge is 0.401 e. The van der Waals surface area contributed by atoms with Crippen molar-refractivity contribution in [3.63, 3.8) is 0 Å². The predicted molar refractivity (Wildman–Crippen MR) is 68.6 cm³/mol. The molecule has 0 aromatic carbocycles. The quantitative estimate of drug-likeness (QED) is 0.911. The Balaban J connectivity index is 1.65. The highest BCUT2D eigenvalue weighted by Gasteiger charge is 2.32. The Morgan fingerprint density at radius 2 is 1.90 bits per heavy atom. The van der Waals surface area contributed by atoms with Gasteiger partial charge in [0.05, 0.1) is 24.6 Å². The fraction of sp³-hybridized carbons (Fsp3) is 0.500. The molecule has 0 atom stereocenters. The molecule has 20 heavy (non-hydrogen) atoms. The lowest BCUT2D eigenvalue weighted by Gasteiger charge is -2.36. The van der Waals surface area contributed by atoms with Gasteiger partial charge in [0, 0.05) is 31.6 Å². The second kappa shape index (κ2) is 4.93. The predicted octanol–water partition coefficient (Wildman–Crippen LogP) is 1.64. The zero-order chi connectivity index (χ0) is 14.2. The van der Waals surface area contributed by atoms with E-state index in [-0.39, 0.29) is 0 Å². The molecule has 2 aromatic rings. The van der Waals surface area contributed by atoms with E-state index in [1.807, 2.05) is 11.0 Å². The van der Waals surface area contributed by atoms with Gasteiger partial charge in [0.1, 0.15) is 0 Å². The van der Waals surface area contributed by atoms with Gasteiger partial charge in [-0.15, -0.1) is 0 Å². The number of pyridine rings is 1. The van der Waals surface area contributed by atoms with Crippen LogP contribution in [0.1, 0.15) is 0 Å². The van der Waals surface area contributed by atoms with Crippen LogP contribution < -0.4 is 4.90 Å². The van der Waals surface area contributed by atoms with Gasteiger partial charge in [0.25, 0.3) is 0 Å². The van der Waals surface area contributed by atoms with Crippen molar-refractivity contribution in [1.82, 2.24) is 20.1 Å². The molecule has 1 aliphatic rings. The summed E-state index contributed by atoms with van der Waals surface area (Å²) in [6, 6.07) is 1.95. The minimum Gasteiger partial charge on any atom is -0.368 e. The van der Waals surface area contributed by atoms with Gasteiger partial charge >= 0.3 is 6.18 Å². The number of nitrogens with one attached hydrogen (secondary N) is 1. The number of alkyl halides is 3. The molecule has 0 bridgehead atoms. The molecular weight excluding hydrogens is 271 g/mol. The van der Waals surface area contributed by atoms with E-state index in [1.165, 1.54) is 4.90 Å². The van der Waals surface area contributed by atoms with E-state index in [4.69, 9.17) is 0 Å². The number of hydrogen-bond acceptors (Lipinski definition) is 4. The van der Waals surface area contributed by atoms with Gasteiger partial charge in [-0.3, -0.25) is 10.00 Å². The van der Waals surface area contributed by atoms with E-state index in [1.54, 1.807) is 12.4 Å². The molecule has 1 aliphatic heterocycles. The average Bonchev–Trinajstić information content (AvgIpc) is 2.85. The minimum atomic E-state index is -4.13. The molecule has 1 saturated heterocycles. The van der Waals surface area contributed by atoms with Crippen LogP contribution in [0.15, 0.2) is 18.5 Å². The van der Waals surface area contributed by atoms with Gasteiger partial charge in [-0.1, -0.05) is 0 Å². The van der Waals surface area contributed by atoms with Crippen LogP contribution in [0.3, 0.4) is 0 Å². The molecule has 0 spiro atoms. The van der Waals surface area contributed by atoms with Crippen LogP contribution >= 0.6 is 0 Å². The molecule has 1 fully saturated rings. The van der Waals surface area contributed by atoms with Crippen molar-refractivity contribution in [2.75, 3.05) is 37.6 Å². The molecule has 2 aromatic heterocycles. The zero-order valence-electron chi connectivity index (χ0n) is 10.7. The van der Waals surface area contributed by atoms with E-state index in [0.717, 1.165) is 11.1 Å². The number of piperazine rings is 1. The van der Waals surface area contributed by atoms with Gasteiger partial charge in [-0.25, -0.2) is 4.98 Å². The first-order valence-electron chi connectivity index (χ1n) is 6.34. The number of fused-ring (bicyclic) bond motifs is 1. The van der Waals surface area contributed by atoms with Crippen molar-refractivity contribution in [1.29, 1.82) is 0 Å². The van der Waals surface area contributed by atoms with E-state index in [0.29, 0.717) is 31.8 Å². The standard InChI is InChI=1S/C12H14F3N5/c13-12(14,15)8-19-1-3-20(4-2-19)10-5-9-6-17-18-11(9)16-7-10/h5-7H,1-4,8H2,(H,16,17,18). The second-order valence-corrected chi connectivity index (χ2v) is 4.88. The zero-order valence-corrected chi connectivity index (χ0v) is 10.7. The van der Waals surface area contributed by atoms with Crippen LogP contribution in [0.5, 0.6) is 0 Å². The fourth-order valence-electron chi connectivity index (χ4n) is 2.42. The van der Waals surface area contributed by atoms with Gasteiger partial charge in [-0.2, -0.15) is 18.3 Å². The number of aromatic nitrogens is 3. The van der Waals surface area contributed by atoms with Crippen molar-refractivity contribution in [3.05, 3.63) is 18.5 Å². The first-order chi connectivity index (χ1) is 9.51. The molecule has 3 heterocycles. The summed E-state index contributed by atoms with van der Waals surface area (Å²) in [5.74, 6) is 0. The van der Waals surface area contributed by atoms with Crippen molar-refractivity contribution in [2.24, 2.45) is 0 Å². The number of nitrogens with zero attached hydrogens (tertiary/aromatic N) is 4. The summed E-state index contributed by atoms with van der Waals surface area (Å²) in [7, 11) is 0. The summed E-state index contributed by atoms with van der Waals surface area (Å²) in [4.78, 5) is 7.72. The third-order valence-electron chi connectivity index (χ3n) is 3.42. The Morgan fingerprint density at radius 1 is 1.15 bits per heavy atom. The van der Waals surface area contributed by atoms with Crippen molar-refractivity contribution in [2.45, 2.75) is 6.18 Å². The van der Waals surface area contributed by atoms with Gasteiger partial charge < -0.3 is 4.90 Å². The smallest absolute Gasteiger partial charge is 0.368 e. The number of aromatic amines is 1. The lowest BCUT2D eigenvalue weighted by molar-refractivity contribution is -0.146. The highest BCUT2D eigenvalue weighted by Crippen LogP contribution is 2.22. The Morgan fingerprint density at radius 3 is 2.60 bits per heavy atom. The van der Waals surface area contributed by atoms with Crippen LogP contribution in [0.4, 0.5) is 18.9 Å². The highest BCUT2D eigenvalue weighted by molar-refractivity contribution is 5.77. The van der Waals surface area contributed by atoms with Crippen LogP contribution in [0, 0.1) is 0 Å². The van der Waals surface area contributed by atoms with E-state index in [2.05, 4.69) is 15.2 Å². The lowest BCUT2D eigenvalue weighted by atomic mass is 10.2. The molecule has 0 radical (unpaired) electrons. The maximum absolute atomic E-state index is 12.3. The van der Waals surface area contributed by atoms with Crippen molar-refractivity contribution < 1.29 is 13.2 Å². The Hall–Kier alpha value is -1.83. The molecular formula is C12H14F3N5. The second-order valence-electron chi connectivity index (χ2n) is 4.88. The molecule has 3 rings (SSSR count). The third kappa shape index (κ3) is 2.84. The Labute approximate surface area is 113 Å². The Bertz CT molecular complexity index is 586. The molecule has 108 valence electrons. The molecule has 0 saturated carbocycles. The number of anilines is 1. The monoisotopic (exact) mass is 285 g/mol. The van der Waals surface area contributed by atoms with E-state index < -0.39 is 12.7 Å². The Kier molecular flexibility index (Phi) is 3.25. The molecule has 1 N–H and O–H groups in total. The highest BCUT2D eigenvalue weighted by atomic mass is 19.4. The van der Waals surface area contributed by atoms with Gasteiger partial charge in [-0.05, 0) is 6.07 Å². The summed E-state index contributed by atoms with van der Waals surface area (Å²) in [5.41, 5.74) is 1.63. The molecule has 0 aliphatic carbocycles. The first kappa shape index (κ1) is 13.2. The summed E-state index contributed by atoms with van der Waals surface area (Å²) >= 11 is 0. The SMILES string of the molecule is FC(F)(F)CN1CCN(c2cnc3[nH]ncc3c2)CC1. The van der Waals surface area contributed by atoms with Crippen LogP contribution in [0.2, 0.25) is 0 Å². The summed E-state index contributed by atoms with van der Waals surface area (Å²) in [5, 5.41) is 7.57. The number of hydrogen-bond donors (Lipinski definition) is 1. The molecule has 8 heteroatoms. The summed E-state index contributed by atoms with van der Waals surface area (Å²) in [6.45, 7) is 1.12. The molecule has 0 amide bonds. The fourth-order valence-corrected chi connectivity index (χ4v) is 2.42. The van der Waals surface area contributed by atoms with Crippen molar-refractivity contribution >= 4 is 16.7 Å². The van der Waals surface area contributed by atoms with E-state index in [9.17, 15) is 13.2 Å².